The van der Waals surface area contributed by atoms with Crippen LogP contribution in [0.4, 0.5) is 0 Å². The molecule has 19 heavy (non-hydrogen) atoms. The van der Waals surface area contributed by atoms with Crippen molar-refractivity contribution in [1.29, 1.82) is 0 Å². The van der Waals surface area contributed by atoms with E-state index in [1.165, 1.54) is 41.6 Å². The lowest BCUT2D eigenvalue weighted by Gasteiger charge is -2.28. The molecule has 3 aliphatic heterocycles. The van der Waals surface area contributed by atoms with Crippen LogP contribution in [0.15, 0.2) is 23.6 Å². The highest BCUT2D eigenvalue weighted by atomic mass is 32.1. The number of fused-ring (bicyclic) bond motifs is 5. The van der Waals surface area contributed by atoms with Crippen molar-refractivity contribution in [2.24, 2.45) is 5.92 Å². The smallest absolute Gasteiger partial charge is 0.0348 e. The number of nitrogens with one attached hydrogen (secondary N) is 1. The Labute approximate surface area is 118 Å². The minimum absolute atomic E-state index is 0.685. The number of thiophene rings is 1. The van der Waals surface area contributed by atoms with E-state index in [0.29, 0.717) is 5.92 Å². The lowest BCUT2D eigenvalue weighted by molar-refractivity contribution is 0.165. The zero-order valence-electron chi connectivity index (χ0n) is 11.4. The largest absolute Gasteiger partial charge is 0.255 e. The van der Waals surface area contributed by atoms with E-state index in [9.17, 15) is 0 Å². The van der Waals surface area contributed by atoms with E-state index in [1.807, 2.05) is 11.3 Å². The average molecular weight is 272 g/mol. The van der Waals surface area contributed by atoms with Crippen molar-refractivity contribution in [3.63, 3.8) is 0 Å². The monoisotopic (exact) mass is 272 g/mol. The zero-order chi connectivity index (χ0) is 12.8. The fraction of sp³-hybridized carbons (Fsp3) is 0.500. The number of benzene rings is 1. The third kappa shape index (κ3) is 1.92. The molecule has 3 aliphatic rings. The molecule has 2 bridgehead atoms. The Kier molecular flexibility index (Phi) is 2.87. The van der Waals surface area contributed by atoms with Gasteiger partial charge in [0.05, 0.1) is 0 Å². The normalized spacial score (nSPS) is 30.7. The Morgan fingerprint density at radius 1 is 1.26 bits per heavy atom. The molecule has 1 N–H and O–H groups in total. The summed E-state index contributed by atoms with van der Waals surface area (Å²) in [5.41, 5.74) is 6.67. The Hall–Kier alpha value is -0.900. The second-order valence-electron chi connectivity index (χ2n) is 5.93. The molecule has 2 aromatic rings. The molecule has 1 aromatic carbocycles. The Balaban J connectivity index is 1.83. The molecule has 1 aromatic heterocycles. The maximum atomic E-state index is 3.63. The zero-order valence-corrected chi connectivity index (χ0v) is 12.2. The van der Waals surface area contributed by atoms with Crippen LogP contribution in [0.25, 0.3) is 10.1 Å². The molecule has 3 saturated heterocycles. The molecule has 0 radical (unpaired) electrons. The summed E-state index contributed by atoms with van der Waals surface area (Å²) >= 11 is 1.89. The molecular formula is C16H20N2S. The van der Waals surface area contributed by atoms with Crippen LogP contribution >= 0.6 is 11.3 Å². The van der Waals surface area contributed by atoms with E-state index in [1.54, 1.807) is 5.56 Å². The molecule has 0 aliphatic carbocycles. The maximum Gasteiger partial charge on any atom is 0.0348 e. The van der Waals surface area contributed by atoms with Gasteiger partial charge in [-0.15, -0.1) is 11.3 Å². The Morgan fingerprint density at radius 2 is 2.11 bits per heavy atom. The van der Waals surface area contributed by atoms with Gasteiger partial charge in [-0.05, 0) is 53.6 Å². The molecule has 0 amide bonds. The first kappa shape index (κ1) is 11.9. The van der Waals surface area contributed by atoms with E-state index in [4.69, 9.17) is 0 Å². The topological polar surface area (TPSA) is 15.3 Å². The van der Waals surface area contributed by atoms with Gasteiger partial charge in [0, 0.05) is 30.3 Å². The van der Waals surface area contributed by atoms with Crippen LogP contribution in [0.2, 0.25) is 0 Å². The molecule has 0 saturated carbocycles. The van der Waals surface area contributed by atoms with Gasteiger partial charge in [0.1, 0.15) is 0 Å². The lowest BCUT2D eigenvalue weighted by Crippen LogP contribution is -2.39. The van der Waals surface area contributed by atoms with Crippen molar-refractivity contribution in [2.45, 2.75) is 25.7 Å². The number of aryl methyl sites for hydroxylation is 1. The second-order valence-corrected chi connectivity index (χ2v) is 6.84. The predicted octanol–water partition coefficient (Wildman–Crippen LogP) is 3.52. The van der Waals surface area contributed by atoms with Crippen LogP contribution < -0.4 is 5.43 Å². The fourth-order valence-electron chi connectivity index (χ4n) is 3.81. The molecule has 1 atom stereocenters. The first-order valence-electron chi connectivity index (χ1n) is 7.28. The van der Waals surface area contributed by atoms with Gasteiger partial charge in [0.25, 0.3) is 0 Å². The Bertz CT molecular complexity index is 596. The van der Waals surface area contributed by atoms with Crippen molar-refractivity contribution < 1.29 is 0 Å². The molecule has 3 heteroatoms. The highest BCUT2D eigenvalue weighted by Crippen LogP contribution is 2.40. The molecule has 3 fully saturated rings. The summed E-state index contributed by atoms with van der Waals surface area (Å²) in [6.07, 6.45) is 2.69. The Morgan fingerprint density at radius 3 is 2.95 bits per heavy atom. The van der Waals surface area contributed by atoms with E-state index in [2.05, 4.69) is 40.9 Å². The summed E-state index contributed by atoms with van der Waals surface area (Å²) in [6, 6.07) is 6.87. The molecular weight excluding hydrogens is 252 g/mol. The summed E-state index contributed by atoms with van der Waals surface area (Å²) in [6.45, 7) is 5.81. The van der Waals surface area contributed by atoms with Crippen molar-refractivity contribution in [3.8, 4) is 0 Å². The van der Waals surface area contributed by atoms with Crippen LogP contribution in [-0.4, -0.2) is 24.6 Å². The number of nitrogens with zero attached hydrogens (tertiary/aromatic N) is 1. The van der Waals surface area contributed by atoms with E-state index >= 15 is 0 Å². The minimum Gasteiger partial charge on any atom is -0.255 e. The van der Waals surface area contributed by atoms with Gasteiger partial charge in [-0.25, -0.2) is 5.01 Å². The molecule has 100 valence electrons. The van der Waals surface area contributed by atoms with Crippen LogP contribution in [-0.2, 0) is 0 Å². The third-order valence-corrected chi connectivity index (χ3v) is 5.92. The predicted molar refractivity (Wildman–Crippen MR) is 81.6 cm³/mol. The van der Waals surface area contributed by atoms with Gasteiger partial charge < -0.3 is 0 Å². The number of hydrogen-bond donors (Lipinski definition) is 1. The first-order valence-corrected chi connectivity index (χ1v) is 8.16. The van der Waals surface area contributed by atoms with Crippen molar-refractivity contribution >= 4 is 21.4 Å². The van der Waals surface area contributed by atoms with Crippen molar-refractivity contribution in [1.82, 2.24) is 10.4 Å². The van der Waals surface area contributed by atoms with Gasteiger partial charge in [-0.1, -0.05) is 12.1 Å². The molecule has 0 spiro atoms. The summed E-state index contributed by atoms with van der Waals surface area (Å²) in [5, 5.41) is 6.25. The lowest BCUT2D eigenvalue weighted by atomic mass is 9.80. The van der Waals surface area contributed by atoms with E-state index < -0.39 is 0 Å². The molecule has 1 unspecified atom stereocenters. The van der Waals surface area contributed by atoms with Crippen LogP contribution in [0.1, 0.15) is 29.9 Å². The van der Waals surface area contributed by atoms with Gasteiger partial charge in [-0.3, -0.25) is 5.43 Å². The number of hydrogen-bond acceptors (Lipinski definition) is 3. The molecule has 4 heterocycles. The molecule has 5 rings (SSSR count). The van der Waals surface area contributed by atoms with Gasteiger partial charge in [0.2, 0.25) is 0 Å². The average Bonchev–Trinajstić information content (AvgIpc) is 2.64. The standard InChI is InChI=1S/C16H20N2S/c1-11-10-19-15-4-2-3-13(16(11)15)14-9-17-18-7-5-12(14)6-8-18/h2-4,10,12,14,17H,5-9H2,1H3. The van der Waals surface area contributed by atoms with Gasteiger partial charge >= 0.3 is 0 Å². The van der Waals surface area contributed by atoms with E-state index in [0.717, 1.165) is 12.5 Å². The summed E-state index contributed by atoms with van der Waals surface area (Å²) < 4.78 is 1.45. The second kappa shape index (κ2) is 4.58. The number of hydrazine groups is 1. The van der Waals surface area contributed by atoms with E-state index in [-0.39, 0.29) is 0 Å². The van der Waals surface area contributed by atoms with Crippen LogP contribution in [0, 0.1) is 12.8 Å². The summed E-state index contributed by atoms with van der Waals surface area (Å²) in [7, 11) is 0. The third-order valence-electron chi connectivity index (χ3n) is 4.86. The fourth-order valence-corrected chi connectivity index (χ4v) is 4.78. The highest BCUT2D eigenvalue weighted by molar-refractivity contribution is 7.17. The minimum atomic E-state index is 0.685. The highest BCUT2D eigenvalue weighted by Gasteiger charge is 2.32. The van der Waals surface area contributed by atoms with Gasteiger partial charge in [0.15, 0.2) is 0 Å². The number of piperidine rings is 1. The SMILES string of the molecule is Cc1csc2cccc(C3CNN4CCC3CC4)c12. The van der Waals surface area contributed by atoms with Crippen LogP contribution in [0.3, 0.4) is 0 Å². The van der Waals surface area contributed by atoms with Gasteiger partial charge in [-0.2, -0.15) is 0 Å². The quantitative estimate of drug-likeness (QED) is 0.854. The van der Waals surface area contributed by atoms with Crippen LogP contribution in [0.5, 0.6) is 0 Å². The molecule has 2 nitrogen and oxygen atoms in total. The number of rotatable bonds is 1. The summed E-state index contributed by atoms with van der Waals surface area (Å²) in [5.74, 6) is 1.54. The summed E-state index contributed by atoms with van der Waals surface area (Å²) in [4.78, 5) is 0. The van der Waals surface area contributed by atoms with Crippen molar-refractivity contribution in [3.05, 3.63) is 34.7 Å². The maximum absolute atomic E-state index is 3.63. The first-order chi connectivity index (χ1) is 9.33. The van der Waals surface area contributed by atoms with Crippen molar-refractivity contribution in [2.75, 3.05) is 19.6 Å².